The lowest BCUT2D eigenvalue weighted by Gasteiger charge is -2.15. The maximum atomic E-state index is 5.73. The van der Waals surface area contributed by atoms with Crippen molar-refractivity contribution in [3.8, 4) is 5.88 Å². The van der Waals surface area contributed by atoms with Crippen LogP contribution < -0.4 is 15.8 Å². The van der Waals surface area contributed by atoms with Crippen LogP contribution in [0.15, 0.2) is 12.1 Å². The molecule has 1 heterocycles. The first-order valence-electron chi connectivity index (χ1n) is 6.23. The molecular formula is C13H21N3O. The molecular weight excluding hydrogens is 214 g/mol. The van der Waals surface area contributed by atoms with Crippen LogP contribution in [0, 0.1) is 5.41 Å². The van der Waals surface area contributed by atoms with Crippen LogP contribution in [-0.2, 0) is 0 Å². The second-order valence-electron chi connectivity index (χ2n) is 4.90. The van der Waals surface area contributed by atoms with Crippen molar-refractivity contribution in [1.29, 1.82) is 0 Å². The quantitative estimate of drug-likeness (QED) is 0.795. The van der Waals surface area contributed by atoms with Crippen LogP contribution in [0.5, 0.6) is 5.88 Å². The molecule has 0 unspecified atom stereocenters. The smallest absolute Gasteiger partial charge is 0.238 e. The Kier molecular flexibility index (Phi) is 3.41. The number of nitrogens with zero attached hydrogens (tertiary/aromatic N) is 1. The molecule has 0 amide bonds. The van der Waals surface area contributed by atoms with E-state index in [0.29, 0.717) is 17.0 Å². The first-order valence-corrected chi connectivity index (χ1v) is 6.23. The Labute approximate surface area is 103 Å². The van der Waals surface area contributed by atoms with Crippen molar-refractivity contribution in [2.75, 3.05) is 24.7 Å². The maximum Gasteiger partial charge on any atom is 0.238 e. The number of aromatic nitrogens is 1. The van der Waals surface area contributed by atoms with Crippen LogP contribution in [0.2, 0.25) is 0 Å². The number of nitrogen functional groups attached to an aromatic ring is 1. The molecule has 0 radical (unpaired) electrons. The zero-order valence-electron chi connectivity index (χ0n) is 10.6. The van der Waals surface area contributed by atoms with Gasteiger partial charge >= 0.3 is 0 Å². The van der Waals surface area contributed by atoms with E-state index in [1.165, 1.54) is 25.7 Å². The summed E-state index contributed by atoms with van der Waals surface area (Å²) in [7, 11) is 1.59. The molecule has 0 bridgehead atoms. The summed E-state index contributed by atoms with van der Waals surface area (Å²) in [5.74, 6) is 1.34. The third kappa shape index (κ3) is 2.81. The van der Waals surface area contributed by atoms with Gasteiger partial charge < -0.3 is 15.8 Å². The van der Waals surface area contributed by atoms with Gasteiger partial charge in [-0.2, -0.15) is 4.98 Å². The molecule has 17 heavy (non-hydrogen) atoms. The van der Waals surface area contributed by atoms with Gasteiger partial charge in [-0.3, -0.25) is 0 Å². The number of rotatable bonds is 6. The van der Waals surface area contributed by atoms with Gasteiger partial charge in [-0.15, -0.1) is 0 Å². The number of hydrogen-bond donors (Lipinski definition) is 2. The Bertz CT molecular complexity index is 388. The molecule has 1 saturated carbocycles. The fraction of sp³-hybridized carbons (Fsp3) is 0.615. The van der Waals surface area contributed by atoms with E-state index in [-0.39, 0.29) is 0 Å². The van der Waals surface area contributed by atoms with Crippen LogP contribution in [-0.4, -0.2) is 18.6 Å². The van der Waals surface area contributed by atoms with Gasteiger partial charge in [0.1, 0.15) is 5.82 Å². The van der Waals surface area contributed by atoms with E-state index in [9.17, 15) is 0 Å². The second kappa shape index (κ2) is 4.82. The summed E-state index contributed by atoms with van der Waals surface area (Å²) in [6.45, 7) is 3.24. The standard InChI is InChI=1S/C13H21N3O/c1-3-6-13(7-8-13)9-15-11-5-4-10(14)12(16-11)17-2/h4-5H,3,6-9,14H2,1-2H3,(H,15,16). The van der Waals surface area contributed by atoms with Crippen molar-refractivity contribution in [3.05, 3.63) is 12.1 Å². The van der Waals surface area contributed by atoms with Crippen molar-refractivity contribution >= 4 is 11.5 Å². The molecule has 1 aromatic heterocycles. The van der Waals surface area contributed by atoms with E-state index < -0.39 is 0 Å². The van der Waals surface area contributed by atoms with Crippen LogP contribution in [0.1, 0.15) is 32.6 Å². The predicted molar refractivity (Wildman–Crippen MR) is 70.3 cm³/mol. The van der Waals surface area contributed by atoms with Gasteiger partial charge in [0.25, 0.3) is 0 Å². The average molecular weight is 235 g/mol. The summed E-state index contributed by atoms with van der Waals surface area (Å²) < 4.78 is 5.10. The van der Waals surface area contributed by atoms with Gasteiger partial charge in [0.05, 0.1) is 12.8 Å². The highest BCUT2D eigenvalue weighted by Crippen LogP contribution is 2.49. The zero-order valence-corrected chi connectivity index (χ0v) is 10.6. The Morgan fingerprint density at radius 1 is 1.47 bits per heavy atom. The lowest BCUT2D eigenvalue weighted by Crippen LogP contribution is -2.16. The number of anilines is 2. The van der Waals surface area contributed by atoms with E-state index in [1.54, 1.807) is 7.11 Å². The van der Waals surface area contributed by atoms with Crippen LogP contribution in [0.4, 0.5) is 11.5 Å². The van der Waals surface area contributed by atoms with Gasteiger partial charge in [0.2, 0.25) is 5.88 Å². The Hall–Kier alpha value is -1.45. The normalized spacial score (nSPS) is 16.6. The van der Waals surface area contributed by atoms with Gasteiger partial charge in [0.15, 0.2) is 0 Å². The van der Waals surface area contributed by atoms with Crippen LogP contribution in [0.25, 0.3) is 0 Å². The molecule has 0 spiro atoms. The highest BCUT2D eigenvalue weighted by Gasteiger charge is 2.41. The van der Waals surface area contributed by atoms with Gasteiger partial charge in [0, 0.05) is 6.54 Å². The predicted octanol–water partition coefficient (Wildman–Crippen LogP) is 2.66. The fourth-order valence-electron chi connectivity index (χ4n) is 2.21. The van der Waals surface area contributed by atoms with Crippen LogP contribution in [0.3, 0.4) is 0 Å². The highest BCUT2D eigenvalue weighted by atomic mass is 16.5. The largest absolute Gasteiger partial charge is 0.479 e. The summed E-state index contributed by atoms with van der Waals surface area (Å²) in [5.41, 5.74) is 6.82. The summed E-state index contributed by atoms with van der Waals surface area (Å²) in [4.78, 5) is 4.32. The van der Waals surface area contributed by atoms with E-state index in [2.05, 4.69) is 17.2 Å². The topological polar surface area (TPSA) is 60.2 Å². The molecule has 0 aromatic carbocycles. The number of nitrogens with one attached hydrogen (secondary N) is 1. The summed E-state index contributed by atoms with van der Waals surface area (Å²) in [5, 5.41) is 3.39. The fourth-order valence-corrected chi connectivity index (χ4v) is 2.21. The number of pyridine rings is 1. The molecule has 1 aromatic rings. The van der Waals surface area contributed by atoms with Gasteiger partial charge in [-0.05, 0) is 36.8 Å². The first-order chi connectivity index (χ1) is 8.19. The third-order valence-corrected chi connectivity index (χ3v) is 3.47. The van der Waals surface area contributed by atoms with Crippen molar-refractivity contribution in [3.63, 3.8) is 0 Å². The van der Waals surface area contributed by atoms with Crippen molar-refractivity contribution < 1.29 is 4.74 Å². The minimum atomic E-state index is 0.496. The molecule has 2 rings (SSSR count). The number of methoxy groups -OCH3 is 1. The second-order valence-corrected chi connectivity index (χ2v) is 4.90. The van der Waals surface area contributed by atoms with E-state index in [4.69, 9.17) is 10.5 Å². The molecule has 0 saturated heterocycles. The Morgan fingerprint density at radius 2 is 2.24 bits per heavy atom. The van der Waals surface area contributed by atoms with E-state index in [0.717, 1.165) is 12.4 Å². The molecule has 0 atom stereocenters. The Morgan fingerprint density at radius 3 is 2.82 bits per heavy atom. The summed E-state index contributed by atoms with van der Waals surface area (Å²) >= 11 is 0. The molecule has 4 nitrogen and oxygen atoms in total. The first kappa shape index (κ1) is 12.0. The number of hydrogen-bond acceptors (Lipinski definition) is 4. The summed E-state index contributed by atoms with van der Waals surface area (Å²) in [6.07, 6.45) is 5.21. The van der Waals surface area contributed by atoms with Gasteiger partial charge in [-0.25, -0.2) is 0 Å². The molecule has 94 valence electrons. The molecule has 4 heteroatoms. The van der Waals surface area contributed by atoms with Crippen molar-refractivity contribution in [1.82, 2.24) is 4.98 Å². The minimum absolute atomic E-state index is 0.496. The van der Waals surface area contributed by atoms with Gasteiger partial charge in [-0.1, -0.05) is 13.3 Å². The molecule has 0 aliphatic heterocycles. The van der Waals surface area contributed by atoms with E-state index in [1.807, 2.05) is 12.1 Å². The minimum Gasteiger partial charge on any atom is -0.479 e. The van der Waals surface area contributed by atoms with E-state index >= 15 is 0 Å². The lowest BCUT2D eigenvalue weighted by atomic mass is 10.0. The molecule has 1 aliphatic rings. The van der Waals surface area contributed by atoms with Crippen molar-refractivity contribution in [2.45, 2.75) is 32.6 Å². The van der Waals surface area contributed by atoms with Crippen molar-refractivity contribution in [2.24, 2.45) is 5.41 Å². The number of nitrogens with two attached hydrogens (primary N) is 1. The third-order valence-electron chi connectivity index (χ3n) is 3.47. The maximum absolute atomic E-state index is 5.73. The molecule has 1 fully saturated rings. The summed E-state index contributed by atoms with van der Waals surface area (Å²) in [6, 6.07) is 3.73. The Balaban J connectivity index is 1.95. The zero-order chi connectivity index (χ0) is 12.3. The monoisotopic (exact) mass is 235 g/mol. The SMILES string of the molecule is CCCC1(CNc2ccc(N)c(OC)n2)CC1. The molecule has 3 N–H and O–H groups in total. The van der Waals surface area contributed by atoms with Crippen LogP contribution >= 0.6 is 0 Å². The average Bonchev–Trinajstić information content (AvgIpc) is 3.09. The molecule has 1 aliphatic carbocycles. The lowest BCUT2D eigenvalue weighted by molar-refractivity contribution is 0.400. The highest BCUT2D eigenvalue weighted by molar-refractivity contribution is 5.53. The number of ether oxygens (including phenoxy) is 1.